The lowest BCUT2D eigenvalue weighted by atomic mass is 10.1. The fourth-order valence-corrected chi connectivity index (χ4v) is 6.75. The fraction of sp³-hybridized carbons (Fsp3) is 0.333. The van der Waals surface area contributed by atoms with E-state index in [0.29, 0.717) is 29.5 Å². The van der Waals surface area contributed by atoms with Gasteiger partial charge < -0.3 is 4.90 Å². The SMILES string of the molecule is Cc1cc(C)n(Cc2cccc(C(=O)N3CCN(S(=O)(=O)c4ccc(Cl)s4)CC3)c2)n1. The molecule has 31 heavy (non-hydrogen) atoms. The zero-order chi connectivity index (χ0) is 22.2. The zero-order valence-corrected chi connectivity index (χ0v) is 19.7. The highest BCUT2D eigenvalue weighted by Gasteiger charge is 2.31. The topological polar surface area (TPSA) is 75.5 Å². The van der Waals surface area contributed by atoms with Crippen LogP contribution in [0.2, 0.25) is 4.34 Å². The van der Waals surface area contributed by atoms with E-state index in [2.05, 4.69) is 5.10 Å². The molecular formula is C21H23ClN4O3S2. The minimum absolute atomic E-state index is 0.0913. The molecule has 2 aromatic heterocycles. The predicted molar refractivity (Wildman–Crippen MR) is 121 cm³/mol. The van der Waals surface area contributed by atoms with Crippen LogP contribution in [0.25, 0.3) is 0 Å². The first-order chi connectivity index (χ1) is 14.7. The summed E-state index contributed by atoms with van der Waals surface area (Å²) in [6.45, 7) is 5.76. The molecule has 0 saturated carbocycles. The van der Waals surface area contributed by atoms with Crippen LogP contribution in [0.5, 0.6) is 0 Å². The van der Waals surface area contributed by atoms with Crippen molar-refractivity contribution in [2.45, 2.75) is 24.6 Å². The number of halogens is 1. The molecule has 4 rings (SSSR count). The third kappa shape index (κ3) is 4.69. The van der Waals surface area contributed by atoms with Gasteiger partial charge in [0.05, 0.1) is 16.6 Å². The Morgan fingerprint density at radius 3 is 2.45 bits per heavy atom. The molecule has 3 aromatic rings. The van der Waals surface area contributed by atoms with Crippen molar-refractivity contribution in [1.82, 2.24) is 19.0 Å². The standard InChI is InChI=1S/C21H23ClN4O3S2/c1-15-12-16(2)26(23-15)14-17-4-3-5-18(13-17)21(27)24-8-10-25(11-9-24)31(28,29)20-7-6-19(22)30-20/h3-7,12-13H,8-11,14H2,1-2H3. The van der Waals surface area contributed by atoms with Gasteiger partial charge in [0.1, 0.15) is 4.21 Å². The van der Waals surface area contributed by atoms with Crippen molar-refractivity contribution < 1.29 is 13.2 Å². The maximum atomic E-state index is 13.0. The van der Waals surface area contributed by atoms with Crippen molar-refractivity contribution in [2.75, 3.05) is 26.2 Å². The van der Waals surface area contributed by atoms with Crippen molar-refractivity contribution in [3.63, 3.8) is 0 Å². The van der Waals surface area contributed by atoms with Crippen molar-refractivity contribution >= 4 is 38.9 Å². The van der Waals surface area contributed by atoms with Crippen molar-refractivity contribution in [3.8, 4) is 0 Å². The summed E-state index contributed by atoms with van der Waals surface area (Å²) in [5.74, 6) is -0.0913. The van der Waals surface area contributed by atoms with Crippen molar-refractivity contribution in [3.05, 3.63) is 69.3 Å². The number of aryl methyl sites for hydroxylation is 2. The monoisotopic (exact) mass is 478 g/mol. The number of piperazine rings is 1. The Labute approximate surface area is 190 Å². The van der Waals surface area contributed by atoms with Crippen LogP contribution in [0.15, 0.2) is 46.7 Å². The van der Waals surface area contributed by atoms with Gasteiger partial charge in [-0.15, -0.1) is 11.3 Å². The number of thiophene rings is 1. The second-order valence-corrected chi connectivity index (χ2v) is 11.4. The molecule has 0 spiro atoms. The van der Waals surface area contributed by atoms with Gasteiger partial charge >= 0.3 is 0 Å². The molecule has 0 radical (unpaired) electrons. The van der Waals surface area contributed by atoms with Crippen molar-refractivity contribution in [2.24, 2.45) is 0 Å². The van der Waals surface area contributed by atoms with Gasteiger partial charge in [-0.05, 0) is 49.7 Å². The molecule has 0 aliphatic carbocycles. The van der Waals surface area contributed by atoms with Gasteiger partial charge in [0, 0.05) is 37.4 Å². The minimum atomic E-state index is -3.58. The van der Waals surface area contributed by atoms with Crippen LogP contribution < -0.4 is 0 Å². The van der Waals surface area contributed by atoms with Crippen LogP contribution >= 0.6 is 22.9 Å². The summed E-state index contributed by atoms with van der Waals surface area (Å²) < 4.78 is 29.5. The molecule has 7 nitrogen and oxygen atoms in total. The molecule has 1 fully saturated rings. The number of hydrogen-bond donors (Lipinski definition) is 0. The molecule has 3 heterocycles. The van der Waals surface area contributed by atoms with Gasteiger partial charge in [-0.1, -0.05) is 23.7 Å². The molecule has 0 N–H and O–H groups in total. The fourth-order valence-electron chi connectivity index (χ4n) is 3.69. The average Bonchev–Trinajstić information content (AvgIpc) is 3.33. The van der Waals surface area contributed by atoms with E-state index in [-0.39, 0.29) is 23.2 Å². The molecule has 0 atom stereocenters. The number of nitrogens with zero attached hydrogens (tertiary/aromatic N) is 4. The van der Waals surface area contributed by atoms with Crippen LogP contribution in [0, 0.1) is 13.8 Å². The van der Waals surface area contributed by atoms with Crippen LogP contribution in [-0.4, -0.2) is 59.5 Å². The summed E-state index contributed by atoms with van der Waals surface area (Å²) >= 11 is 6.93. The number of amides is 1. The second kappa shape index (κ2) is 8.74. The van der Waals surface area contributed by atoms with Gasteiger partial charge in [0.25, 0.3) is 15.9 Å². The highest BCUT2D eigenvalue weighted by Crippen LogP contribution is 2.28. The minimum Gasteiger partial charge on any atom is -0.336 e. The van der Waals surface area contributed by atoms with Gasteiger partial charge in [0.15, 0.2) is 0 Å². The molecule has 0 bridgehead atoms. The Morgan fingerprint density at radius 2 is 1.84 bits per heavy atom. The smallest absolute Gasteiger partial charge is 0.253 e. The van der Waals surface area contributed by atoms with Crippen LogP contribution in [0.3, 0.4) is 0 Å². The molecule has 1 aliphatic rings. The van der Waals surface area contributed by atoms with Crippen molar-refractivity contribution in [1.29, 1.82) is 0 Å². The normalized spacial score (nSPS) is 15.4. The largest absolute Gasteiger partial charge is 0.336 e. The van der Waals surface area contributed by atoms with E-state index >= 15 is 0 Å². The maximum absolute atomic E-state index is 13.0. The quantitative estimate of drug-likeness (QED) is 0.563. The molecular weight excluding hydrogens is 456 g/mol. The molecule has 1 aliphatic heterocycles. The Morgan fingerprint density at radius 1 is 1.10 bits per heavy atom. The lowest BCUT2D eigenvalue weighted by Crippen LogP contribution is -2.50. The summed E-state index contributed by atoms with van der Waals surface area (Å²) in [5, 5.41) is 4.48. The van der Waals surface area contributed by atoms with Crippen LogP contribution in [0.1, 0.15) is 27.3 Å². The van der Waals surface area contributed by atoms with Crippen LogP contribution in [-0.2, 0) is 16.6 Å². The number of sulfonamides is 1. The third-order valence-corrected chi connectivity index (χ3v) is 8.88. The first-order valence-electron chi connectivity index (χ1n) is 9.89. The van der Waals surface area contributed by atoms with E-state index in [4.69, 9.17) is 11.6 Å². The molecule has 1 saturated heterocycles. The molecule has 164 valence electrons. The molecule has 1 amide bonds. The summed E-state index contributed by atoms with van der Waals surface area (Å²) in [5.41, 5.74) is 3.62. The molecule has 0 unspecified atom stereocenters. The van der Waals surface area contributed by atoms with E-state index in [9.17, 15) is 13.2 Å². The van der Waals surface area contributed by atoms with E-state index in [1.165, 1.54) is 10.4 Å². The summed E-state index contributed by atoms with van der Waals surface area (Å²) in [7, 11) is -3.58. The Hall–Kier alpha value is -2.20. The first kappa shape index (κ1) is 22.0. The number of aromatic nitrogens is 2. The summed E-state index contributed by atoms with van der Waals surface area (Å²) in [6.07, 6.45) is 0. The molecule has 1 aromatic carbocycles. The number of rotatable bonds is 5. The highest BCUT2D eigenvalue weighted by molar-refractivity contribution is 7.91. The number of carbonyl (C=O) groups is 1. The first-order valence-corrected chi connectivity index (χ1v) is 12.5. The lowest BCUT2D eigenvalue weighted by Gasteiger charge is -2.33. The summed E-state index contributed by atoms with van der Waals surface area (Å²) in [6, 6.07) is 12.7. The number of benzene rings is 1. The van der Waals surface area contributed by atoms with Crippen LogP contribution in [0.4, 0.5) is 0 Å². The average molecular weight is 479 g/mol. The van der Waals surface area contributed by atoms with E-state index in [1.54, 1.807) is 17.0 Å². The molecule has 10 heteroatoms. The van der Waals surface area contributed by atoms with E-state index in [0.717, 1.165) is 28.3 Å². The zero-order valence-electron chi connectivity index (χ0n) is 17.3. The Bertz CT molecular complexity index is 1210. The highest BCUT2D eigenvalue weighted by atomic mass is 35.5. The van der Waals surface area contributed by atoms with E-state index < -0.39 is 10.0 Å². The summed E-state index contributed by atoms with van der Waals surface area (Å²) in [4.78, 5) is 14.7. The lowest BCUT2D eigenvalue weighted by molar-refractivity contribution is 0.0698. The number of carbonyl (C=O) groups excluding carboxylic acids is 1. The Balaban J connectivity index is 1.42. The van der Waals surface area contributed by atoms with Gasteiger partial charge in [-0.25, -0.2) is 8.42 Å². The van der Waals surface area contributed by atoms with Gasteiger partial charge in [-0.3, -0.25) is 9.48 Å². The second-order valence-electron chi connectivity index (χ2n) is 7.54. The van der Waals surface area contributed by atoms with Gasteiger partial charge in [-0.2, -0.15) is 9.40 Å². The predicted octanol–water partition coefficient (Wildman–Crippen LogP) is 3.41. The maximum Gasteiger partial charge on any atom is 0.253 e. The van der Waals surface area contributed by atoms with Gasteiger partial charge in [0.2, 0.25) is 0 Å². The Kier molecular flexibility index (Phi) is 6.20. The third-order valence-electron chi connectivity index (χ3n) is 5.28. The van der Waals surface area contributed by atoms with E-state index in [1.807, 2.05) is 42.8 Å². The number of hydrogen-bond acceptors (Lipinski definition) is 5.